The maximum Gasteiger partial charge on any atom is 0.225 e. The average Bonchev–Trinajstić information content (AvgIpc) is 2.91. The van der Waals surface area contributed by atoms with Gasteiger partial charge in [0.2, 0.25) is 5.95 Å². The molecule has 20 heavy (non-hydrogen) atoms. The molecule has 0 amide bonds. The number of anilines is 3. The van der Waals surface area contributed by atoms with E-state index in [9.17, 15) is 4.39 Å². The van der Waals surface area contributed by atoms with E-state index in [-0.39, 0.29) is 5.82 Å². The Balaban J connectivity index is 2.09. The van der Waals surface area contributed by atoms with Crippen molar-refractivity contribution in [1.82, 2.24) is 9.97 Å². The molecule has 0 aliphatic rings. The third-order valence-electron chi connectivity index (χ3n) is 2.73. The zero-order valence-corrected chi connectivity index (χ0v) is 12.8. The molecular formula is C13H10BrFN4S. The van der Waals surface area contributed by atoms with Gasteiger partial charge < -0.3 is 10.6 Å². The molecule has 0 saturated carbocycles. The summed E-state index contributed by atoms with van der Waals surface area (Å²) in [4.78, 5) is 9.55. The Hall–Kier alpha value is -1.73. The largest absolute Gasteiger partial charge is 0.357 e. The maximum absolute atomic E-state index is 13.8. The molecule has 0 radical (unpaired) electrons. The minimum absolute atomic E-state index is 0.332. The molecule has 4 nitrogen and oxygen atoms in total. The molecule has 0 saturated heterocycles. The summed E-state index contributed by atoms with van der Waals surface area (Å²) in [6, 6.07) is 6.64. The van der Waals surface area contributed by atoms with E-state index in [1.807, 2.05) is 11.4 Å². The van der Waals surface area contributed by atoms with Crippen LogP contribution >= 0.6 is 27.3 Å². The summed E-state index contributed by atoms with van der Waals surface area (Å²) in [6.45, 7) is 0. The number of nitrogens with one attached hydrogen (secondary N) is 2. The third-order valence-corrected chi connectivity index (χ3v) is 4.03. The lowest BCUT2D eigenvalue weighted by Gasteiger charge is -2.09. The molecule has 3 aromatic rings. The highest BCUT2D eigenvalue weighted by molar-refractivity contribution is 9.10. The van der Waals surface area contributed by atoms with E-state index >= 15 is 0 Å². The van der Waals surface area contributed by atoms with Crippen molar-refractivity contribution in [3.05, 3.63) is 39.9 Å². The molecule has 2 heterocycles. The first-order chi connectivity index (χ1) is 9.67. The van der Waals surface area contributed by atoms with Crippen LogP contribution in [-0.2, 0) is 0 Å². The predicted molar refractivity (Wildman–Crippen MR) is 84.3 cm³/mol. The number of halogens is 2. The number of hydrogen-bond donors (Lipinski definition) is 2. The van der Waals surface area contributed by atoms with E-state index in [1.165, 1.54) is 17.4 Å². The minimum Gasteiger partial charge on any atom is -0.357 e. The second kappa shape index (κ2) is 5.34. The Bertz CT molecular complexity index is 774. The number of benzene rings is 1. The summed E-state index contributed by atoms with van der Waals surface area (Å²) < 4.78 is 14.6. The minimum atomic E-state index is -0.332. The molecule has 0 aliphatic heterocycles. The molecule has 0 aliphatic carbocycles. The summed E-state index contributed by atoms with van der Waals surface area (Å²) >= 11 is 4.85. The summed E-state index contributed by atoms with van der Waals surface area (Å²) in [7, 11) is 1.75. The lowest BCUT2D eigenvalue weighted by Crippen LogP contribution is -2.02. The quantitative estimate of drug-likeness (QED) is 0.734. The Morgan fingerprint density at radius 2 is 2.10 bits per heavy atom. The first-order valence-electron chi connectivity index (χ1n) is 5.82. The Morgan fingerprint density at radius 3 is 2.90 bits per heavy atom. The van der Waals surface area contributed by atoms with Crippen molar-refractivity contribution in [1.29, 1.82) is 0 Å². The van der Waals surface area contributed by atoms with Crippen molar-refractivity contribution in [2.75, 3.05) is 17.7 Å². The van der Waals surface area contributed by atoms with Crippen LogP contribution in [0.25, 0.3) is 10.2 Å². The summed E-state index contributed by atoms with van der Waals surface area (Å²) in [5.41, 5.74) is 0.368. The molecule has 0 fully saturated rings. The predicted octanol–water partition coefficient (Wildman–Crippen LogP) is 4.38. The molecule has 0 bridgehead atoms. The van der Waals surface area contributed by atoms with Gasteiger partial charge >= 0.3 is 0 Å². The van der Waals surface area contributed by atoms with E-state index < -0.39 is 0 Å². The smallest absolute Gasteiger partial charge is 0.225 e. The molecule has 0 spiro atoms. The highest BCUT2D eigenvalue weighted by Gasteiger charge is 2.10. The molecule has 0 unspecified atom stereocenters. The van der Waals surface area contributed by atoms with Gasteiger partial charge in [-0.15, -0.1) is 11.3 Å². The molecule has 102 valence electrons. The first-order valence-corrected chi connectivity index (χ1v) is 7.49. The second-order valence-electron chi connectivity index (χ2n) is 4.03. The number of aromatic nitrogens is 2. The van der Waals surface area contributed by atoms with Crippen LogP contribution in [0.4, 0.5) is 21.8 Å². The van der Waals surface area contributed by atoms with Gasteiger partial charge in [0.1, 0.15) is 16.5 Å². The van der Waals surface area contributed by atoms with Gasteiger partial charge in [0.15, 0.2) is 0 Å². The van der Waals surface area contributed by atoms with Crippen LogP contribution < -0.4 is 10.6 Å². The van der Waals surface area contributed by atoms with Crippen LogP contribution in [0.2, 0.25) is 0 Å². The van der Waals surface area contributed by atoms with Gasteiger partial charge in [-0.3, -0.25) is 0 Å². The van der Waals surface area contributed by atoms with E-state index in [0.717, 1.165) is 14.7 Å². The molecule has 0 atom stereocenters. The summed E-state index contributed by atoms with van der Waals surface area (Å²) in [6.07, 6.45) is 0. The van der Waals surface area contributed by atoms with Crippen LogP contribution in [0.3, 0.4) is 0 Å². The van der Waals surface area contributed by atoms with Crippen LogP contribution in [0.15, 0.2) is 34.1 Å². The topological polar surface area (TPSA) is 49.8 Å². The third kappa shape index (κ3) is 2.46. The number of rotatable bonds is 3. The summed E-state index contributed by atoms with van der Waals surface area (Å²) in [5, 5.41) is 8.73. The lowest BCUT2D eigenvalue weighted by molar-refractivity contribution is 0.631. The van der Waals surface area contributed by atoms with Crippen LogP contribution in [0.1, 0.15) is 0 Å². The number of nitrogens with zero attached hydrogens (tertiary/aromatic N) is 2. The SMILES string of the molecule is CNc1nc(Nc2cc(Br)ccc2F)c2ccsc2n1. The van der Waals surface area contributed by atoms with Gasteiger partial charge in [0.05, 0.1) is 11.1 Å². The molecule has 2 N–H and O–H groups in total. The van der Waals surface area contributed by atoms with Crippen molar-refractivity contribution < 1.29 is 4.39 Å². The van der Waals surface area contributed by atoms with Gasteiger partial charge in [-0.25, -0.2) is 9.37 Å². The standard InChI is InChI=1S/C13H10BrFN4S/c1-16-13-18-11(8-4-5-20-12(8)19-13)17-10-6-7(14)2-3-9(10)15/h2-6H,1H3,(H2,16,17,18,19). The first kappa shape index (κ1) is 13.3. The van der Waals surface area contributed by atoms with E-state index in [2.05, 4.69) is 36.5 Å². The molecule has 3 rings (SSSR count). The van der Waals surface area contributed by atoms with Gasteiger partial charge in [-0.05, 0) is 29.6 Å². The highest BCUT2D eigenvalue weighted by atomic mass is 79.9. The maximum atomic E-state index is 13.8. The zero-order valence-electron chi connectivity index (χ0n) is 10.4. The van der Waals surface area contributed by atoms with Crippen LogP contribution in [0, 0.1) is 5.82 Å². The van der Waals surface area contributed by atoms with E-state index in [0.29, 0.717) is 17.5 Å². The van der Waals surface area contributed by atoms with Crippen LogP contribution in [-0.4, -0.2) is 17.0 Å². The van der Waals surface area contributed by atoms with E-state index in [4.69, 9.17) is 0 Å². The molecular weight excluding hydrogens is 343 g/mol. The van der Waals surface area contributed by atoms with Gasteiger partial charge in [-0.1, -0.05) is 15.9 Å². The van der Waals surface area contributed by atoms with Crippen molar-refractivity contribution in [3.63, 3.8) is 0 Å². The van der Waals surface area contributed by atoms with Crippen molar-refractivity contribution in [3.8, 4) is 0 Å². The number of hydrogen-bond acceptors (Lipinski definition) is 5. The Labute approximate surface area is 127 Å². The second-order valence-corrected chi connectivity index (χ2v) is 5.84. The van der Waals surface area contributed by atoms with Gasteiger partial charge in [0.25, 0.3) is 0 Å². The van der Waals surface area contributed by atoms with E-state index in [1.54, 1.807) is 19.2 Å². The fourth-order valence-corrected chi connectivity index (χ4v) is 2.91. The van der Waals surface area contributed by atoms with Crippen molar-refractivity contribution in [2.45, 2.75) is 0 Å². The van der Waals surface area contributed by atoms with Gasteiger partial charge in [-0.2, -0.15) is 4.98 Å². The van der Waals surface area contributed by atoms with Gasteiger partial charge in [0, 0.05) is 11.5 Å². The fraction of sp³-hybridized carbons (Fsp3) is 0.0769. The number of fused-ring (bicyclic) bond motifs is 1. The Morgan fingerprint density at radius 1 is 1.25 bits per heavy atom. The van der Waals surface area contributed by atoms with Crippen molar-refractivity contribution in [2.24, 2.45) is 0 Å². The van der Waals surface area contributed by atoms with Crippen molar-refractivity contribution >= 4 is 54.9 Å². The van der Waals surface area contributed by atoms with Crippen LogP contribution in [0.5, 0.6) is 0 Å². The zero-order chi connectivity index (χ0) is 14.1. The summed E-state index contributed by atoms with van der Waals surface area (Å²) in [5.74, 6) is 0.747. The molecule has 1 aromatic carbocycles. The normalized spacial score (nSPS) is 10.8. The highest BCUT2D eigenvalue weighted by Crippen LogP contribution is 2.30. The monoisotopic (exact) mass is 352 g/mol. The average molecular weight is 353 g/mol. The number of thiophene rings is 1. The fourth-order valence-electron chi connectivity index (χ4n) is 1.78. The molecule has 2 aromatic heterocycles. The Kier molecular flexibility index (Phi) is 3.54. The lowest BCUT2D eigenvalue weighted by atomic mass is 10.3. The molecule has 7 heteroatoms.